The number of sulfonamides is 1. The van der Waals surface area contributed by atoms with Crippen molar-refractivity contribution in [3.63, 3.8) is 0 Å². The molecule has 6 nitrogen and oxygen atoms in total. The van der Waals surface area contributed by atoms with Crippen LogP contribution >= 0.6 is 0 Å². The summed E-state index contributed by atoms with van der Waals surface area (Å²) in [5.74, 6) is -0.678. The Morgan fingerprint density at radius 3 is 2.59 bits per heavy atom. The van der Waals surface area contributed by atoms with E-state index in [9.17, 15) is 21.6 Å². The first kappa shape index (κ1) is 13.6. The largest absolute Gasteiger partial charge is 0.394 e. The number of nitrogens with one attached hydrogen (secondary N) is 2. The Labute approximate surface area is 95.4 Å². The van der Waals surface area contributed by atoms with Gasteiger partial charge < -0.3 is 5.73 Å². The van der Waals surface area contributed by atoms with Crippen molar-refractivity contribution in [2.75, 3.05) is 16.2 Å². The number of H-pyrrole nitrogens is 1. The zero-order chi connectivity index (χ0) is 13.1. The second-order valence-electron chi connectivity index (χ2n) is 3.34. The van der Waals surface area contributed by atoms with Crippen LogP contribution in [0, 0.1) is 0 Å². The second-order valence-corrected chi connectivity index (χ2v) is 5.18. The summed E-state index contributed by atoms with van der Waals surface area (Å²) in [6.07, 6.45) is -4.82. The van der Waals surface area contributed by atoms with E-state index in [1.165, 1.54) is 6.20 Å². The number of rotatable bonds is 5. The standard InChI is InChI=1S/C7H11F3N4O2S/c8-7(9,10)2-1-3-17(15,16)14-6-5(11)4-12-13-6/h4H,1-3,11H2,(H2,12,13,14). The number of aromatic amines is 1. The van der Waals surface area contributed by atoms with Crippen LogP contribution in [0.3, 0.4) is 0 Å². The summed E-state index contributed by atoms with van der Waals surface area (Å²) >= 11 is 0. The zero-order valence-electron chi connectivity index (χ0n) is 8.58. The average molecular weight is 272 g/mol. The number of aromatic nitrogens is 2. The number of nitrogen functional groups attached to an aromatic ring is 1. The van der Waals surface area contributed by atoms with E-state index in [1.54, 1.807) is 0 Å². The molecule has 0 aliphatic heterocycles. The van der Waals surface area contributed by atoms with E-state index in [1.807, 2.05) is 4.72 Å². The molecule has 1 aromatic rings. The third-order valence-electron chi connectivity index (χ3n) is 1.80. The van der Waals surface area contributed by atoms with Gasteiger partial charge in [0.1, 0.15) is 0 Å². The average Bonchev–Trinajstić information content (AvgIpc) is 2.48. The van der Waals surface area contributed by atoms with Crippen LogP contribution in [0.25, 0.3) is 0 Å². The van der Waals surface area contributed by atoms with Gasteiger partial charge in [-0.1, -0.05) is 0 Å². The number of anilines is 2. The van der Waals surface area contributed by atoms with Gasteiger partial charge in [-0.3, -0.25) is 9.82 Å². The lowest BCUT2D eigenvalue weighted by Crippen LogP contribution is -2.19. The van der Waals surface area contributed by atoms with Crippen LogP contribution in [0.4, 0.5) is 24.7 Å². The Bertz CT molecular complexity index is 468. The summed E-state index contributed by atoms with van der Waals surface area (Å²) in [5, 5.41) is 5.75. The molecule has 0 fully saturated rings. The quantitative estimate of drug-likeness (QED) is 0.746. The lowest BCUT2D eigenvalue weighted by molar-refractivity contribution is -0.134. The van der Waals surface area contributed by atoms with E-state index in [0.29, 0.717) is 0 Å². The minimum absolute atomic E-state index is 0.0444. The lowest BCUT2D eigenvalue weighted by atomic mass is 10.3. The molecule has 98 valence electrons. The van der Waals surface area contributed by atoms with E-state index >= 15 is 0 Å². The highest BCUT2D eigenvalue weighted by atomic mass is 32.2. The van der Waals surface area contributed by atoms with Gasteiger partial charge in [0, 0.05) is 6.42 Å². The molecule has 1 heterocycles. The topological polar surface area (TPSA) is 101 Å². The van der Waals surface area contributed by atoms with E-state index in [4.69, 9.17) is 5.73 Å². The van der Waals surface area contributed by atoms with Crippen LogP contribution in [0.2, 0.25) is 0 Å². The van der Waals surface area contributed by atoms with Gasteiger partial charge in [0.25, 0.3) is 0 Å². The van der Waals surface area contributed by atoms with Gasteiger partial charge in [0.15, 0.2) is 5.82 Å². The Hall–Kier alpha value is -1.45. The summed E-state index contributed by atoms with van der Waals surface area (Å²) in [4.78, 5) is 0. The van der Waals surface area contributed by atoms with Crippen LogP contribution < -0.4 is 10.5 Å². The molecule has 0 unspecified atom stereocenters. The maximum absolute atomic E-state index is 11.8. The van der Waals surface area contributed by atoms with Crippen molar-refractivity contribution in [2.24, 2.45) is 0 Å². The SMILES string of the molecule is Nc1cn[nH]c1NS(=O)(=O)CCCC(F)(F)F. The third-order valence-corrected chi connectivity index (χ3v) is 3.14. The molecule has 0 aliphatic carbocycles. The normalized spacial score (nSPS) is 12.6. The molecule has 0 spiro atoms. The van der Waals surface area contributed by atoms with E-state index < -0.39 is 34.8 Å². The fraction of sp³-hybridized carbons (Fsp3) is 0.571. The minimum atomic E-state index is -4.36. The fourth-order valence-electron chi connectivity index (χ4n) is 1.05. The Kier molecular flexibility index (Phi) is 3.86. The molecule has 0 bridgehead atoms. The minimum Gasteiger partial charge on any atom is -0.394 e. The molecule has 0 saturated carbocycles. The maximum atomic E-state index is 11.8. The van der Waals surface area contributed by atoms with Crippen molar-refractivity contribution in [1.82, 2.24) is 10.2 Å². The first-order valence-corrected chi connectivity index (χ1v) is 6.21. The Balaban J connectivity index is 2.50. The molecule has 0 radical (unpaired) electrons. The van der Waals surface area contributed by atoms with Crippen molar-refractivity contribution < 1.29 is 21.6 Å². The van der Waals surface area contributed by atoms with Crippen LogP contribution in [0.1, 0.15) is 12.8 Å². The molecular formula is C7H11F3N4O2S. The van der Waals surface area contributed by atoms with E-state index in [0.717, 1.165) is 0 Å². The predicted molar refractivity (Wildman–Crippen MR) is 55.7 cm³/mol. The van der Waals surface area contributed by atoms with E-state index in [2.05, 4.69) is 10.2 Å². The van der Waals surface area contributed by atoms with Crippen molar-refractivity contribution in [2.45, 2.75) is 19.0 Å². The molecule has 0 aromatic carbocycles. The molecule has 0 aliphatic rings. The summed E-state index contributed by atoms with van der Waals surface area (Å²) < 4.78 is 60.2. The second kappa shape index (κ2) is 4.82. The van der Waals surface area contributed by atoms with Gasteiger partial charge in [-0.15, -0.1) is 0 Å². The van der Waals surface area contributed by atoms with Gasteiger partial charge in [0.05, 0.1) is 17.6 Å². The molecule has 1 rings (SSSR count). The number of hydrogen-bond acceptors (Lipinski definition) is 4. The fourth-order valence-corrected chi connectivity index (χ4v) is 2.15. The third kappa shape index (κ3) is 4.93. The summed E-state index contributed by atoms with van der Waals surface area (Å²) in [7, 11) is -3.85. The van der Waals surface area contributed by atoms with Gasteiger partial charge in [-0.25, -0.2) is 8.42 Å². The van der Waals surface area contributed by atoms with Crippen molar-refractivity contribution in [1.29, 1.82) is 0 Å². The number of halogens is 3. The molecule has 1 aromatic heterocycles. The van der Waals surface area contributed by atoms with E-state index in [-0.39, 0.29) is 11.5 Å². The molecule has 4 N–H and O–H groups in total. The van der Waals surface area contributed by atoms with Crippen molar-refractivity contribution >= 4 is 21.5 Å². The first-order valence-electron chi connectivity index (χ1n) is 4.56. The lowest BCUT2D eigenvalue weighted by Gasteiger charge is -2.08. The van der Waals surface area contributed by atoms with Crippen LogP contribution in [-0.2, 0) is 10.0 Å². The molecule has 0 saturated heterocycles. The first-order chi connectivity index (χ1) is 7.70. The van der Waals surface area contributed by atoms with Crippen LogP contribution in [-0.4, -0.2) is 30.5 Å². The van der Waals surface area contributed by atoms with Crippen molar-refractivity contribution in [3.05, 3.63) is 6.20 Å². The van der Waals surface area contributed by atoms with Gasteiger partial charge >= 0.3 is 6.18 Å². The molecule has 17 heavy (non-hydrogen) atoms. The Morgan fingerprint density at radius 1 is 1.47 bits per heavy atom. The smallest absolute Gasteiger partial charge is 0.389 e. The highest BCUT2D eigenvalue weighted by molar-refractivity contribution is 7.92. The molecule has 0 amide bonds. The molecular weight excluding hydrogens is 261 g/mol. The van der Waals surface area contributed by atoms with Crippen LogP contribution in [0.15, 0.2) is 6.20 Å². The number of hydrogen-bond donors (Lipinski definition) is 3. The number of nitrogens with zero attached hydrogens (tertiary/aromatic N) is 1. The maximum Gasteiger partial charge on any atom is 0.389 e. The summed E-state index contributed by atoms with van der Waals surface area (Å²) in [6, 6.07) is 0. The van der Waals surface area contributed by atoms with Crippen LogP contribution in [0.5, 0.6) is 0 Å². The highest BCUT2D eigenvalue weighted by Gasteiger charge is 2.27. The molecule has 0 atom stereocenters. The summed E-state index contributed by atoms with van der Waals surface area (Å²) in [5.41, 5.74) is 5.42. The van der Waals surface area contributed by atoms with Gasteiger partial charge in [-0.2, -0.15) is 18.3 Å². The monoisotopic (exact) mass is 272 g/mol. The van der Waals surface area contributed by atoms with Gasteiger partial charge in [-0.05, 0) is 6.42 Å². The predicted octanol–water partition coefficient (Wildman–Crippen LogP) is 1.08. The summed E-state index contributed by atoms with van der Waals surface area (Å²) in [6.45, 7) is 0. The van der Waals surface area contributed by atoms with Crippen molar-refractivity contribution in [3.8, 4) is 0 Å². The van der Waals surface area contributed by atoms with Gasteiger partial charge in [0.2, 0.25) is 10.0 Å². The number of nitrogens with two attached hydrogens (primary N) is 1. The molecule has 10 heteroatoms. The highest BCUT2D eigenvalue weighted by Crippen LogP contribution is 2.22. The Morgan fingerprint density at radius 2 is 2.12 bits per heavy atom. The number of alkyl halides is 3. The zero-order valence-corrected chi connectivity index (χ0v) is 9.40.